The van der Waals surface area contributed by atoms with Gasteiger partial charge < -0.3 is 13.9 Å². The first-order valence-electron chi connectivity index (χ1n) is 4.50. The first-order valence-corrected chi connectivity index (χ1v) is 13.5. The van der Waals surface area contributed by atoms with E-state index in [9.17, 15) is 0 Å². The predicted molar refractivity (Wildman–Crippen MR) is 61.9 cm³/mol. The third kappa shape index (κ3) is 2.79. The van der Waals surface area contributed by atoms with E-state index in [1.54, 1.807) is 0 Å². The summed E-state index contributed by atoms with van der Waals surface area (Å²) < 4.78 is 11.3. The molecule has 0 bridgehead atoms. The van der Waals surface area contributed by atoms with E-state index in [1.165, 1.54) is 0 Å². The molecular weight excluding hydrogens is 198 g/mol. The second kappa shape index (κ2) is 2.76. The first-order chi connectivity index (χ1) is 5.12. The van der Waals surface area contributed by atoms with Crippen molar-refractivity contribution in [3.63, 3.8) is 0 Å². The van der Waals surface area contributed by atoms with Gasteiger partial charge in [-0.1, -0.05) is 0 Å². The maximum Gasteiger partial charge on any atom is 0.183 e. The average molecular weight is 220 g/mol. The van der Waals surface area contributed by atoms with Gasteiger partial charge in [-0.15, -0.1) is 0 Å². The highest BCUT2D eigenvalue weighted by Gasteiger charge is 2.44. The zero-order valence-corrected chi connectivity index (χ0v) is 12.0. The van der Waals surface area contributed by atoms with Crippen LogP contribution in [0.2, 0.25) is 39.3 Å². The summed E-state index contributed by atoms with van der Waals surface area (Å²) in [4.78, 5) is 0. The minimum atomic E-state index is -1.30. The zero-order valence-electron chi connectivity index (χ0n) is 9.00. The van der Waals surface area contributed by atoms with E-state index >= 15 is 0 Å². The van der Waals surface area contributed by atoms with Crippen LogP contribution in [-0.4, -0.2) is 25.2 Å². The van der Waals surface area contributed by atoms with Crippen molar-refractivity contribution in [1.82, 2.24) is 13.9 Å². The highest BCUT2D eigenvalue weighted by atomic mass is 28.5. The molecule has 0 radical (unpaired) electrons. The van der Waals surface area contributed by atoms with Crippen molar-refractivity contribution in [2.45, 2.75) is 39.3 Å². The van der Waals surface area contributed by atoms with E-state index in [0.29, 0.717) is 0 Å². The van der Waals surface area contributed by atoms with Gasteiger partial charge >= 0.3 is 0 Å². The summed E-state index contributed by atoms with van der Waals surface area (Å²) in [6.07, 6.45) is 0. The second-order valence-corrected chi connectivity index (χ2v) is 18.0. The van der Waals surface area contributed by atoms with Gasteiger partial charge in [-0.3, -0.25) is 0 Å². The molecule has 1 heterocycles. The summed E-state index contributed by atoms with van der Waals surface area (Å²) in [6, 6.07) is 0. The molecule has 0 aromatic rings. The lowest BCUT2D eigenvalue weighted by Crippen LogP contribution is -2.87. The molecule has 0 aromatic heterocycles. The lowest BCUT2D eigenvalue weighted by atomic mass is 11.9. The number of hydrogen-bond donors (Lipinski definition) is 3. The molecule has 1 aliphatic heterocycles. The summed E-state index contributed by atoms with van der Waals surface area (Å²) in [5.74, 6) is 0. The van der Waals surface area contributed by atoms with Gasteiger partial charge in [-0.25, -0.2) is 0 Å². The molecule has 0 aromatic carbocycles. The molecule has 0 saturated carbocycles. The molecule has 1 rings (SSSR count). The fourth-order valence-corrected chi connectivity index (χ4v) is 23.6. The van der Waals surface area contributed by atoms with Crippen molar-refractivity contribution >= 4 is 25.2 Å². The Morgan fingerprint density at radius 2 is 0.667 bits per heavy atom. The van der Waals surface area contributed by atoms with Gasteiger partial charge in [0.2, 0.25) is 0 Å². The second-order valence-electron chi connectivity index (χ2n) is 5.25. The standard InChI is InChI=1S/C6H21N3Si3/c1-10(2)7-11(3,4)9-12(5,6)8-10/h7-9H,1-6H3. The smallest absolute Gasteiger partial charge is 0.183 e. The first kappa shape index (κ1) is 10.6. The van der Waals surface area contributed by atoms with Crippen molar-refractivity contribution < 1.29 is 0 Å². The Balaban J connectivity index is 2.81. The lowest BCUT2D eigenvalue weighted by molar-refractivity contribution is 1.04. The quantitative estimate of drug-likeness (QED) is 0.529. The number of hydrogen-bond acceptors (Lipinski definition) is 3. The van der Waals surface area contributed by atoms with Crippen LogP contribution in [0.15, 0.2) is 0 Å². The topological polar surface area (TPSA) is 36.1 Å². The molecule has 3 N–H and O–H groups in total. The molecule has 0 aliphatic carbocycles. The van der Waals surface area contributed by atoms with Gasteiger partial charge in [0, 0.05) is 0 Å². The molecule has 1 fully saturated rings. The van der Waals surface area contributed by atoms with Gasteiger partial charge in [-0.05, 0) is 39.3 Å². The molecular formula is C6H21N3Si3. The summed E-state index contributed by atoms with van der Waals surface area (Å²) in [5.41, 5.74) is 0. The Bertz CT molecular complexity index is 145. The number of nitrogens with one attached hydrogen (secondary N) is 3. The van der Waals surface area contributed by atoms with Crippen LogP contribution in [0.1, 0.15) is 0 Å². The van der Waals surface area contributed by atoms with Crippen LogP contribution in [0.3, 0.4) is 0 Å². The Morgan fingerprint density at radius 1 is 0.500 bits per heavy atom. The highest BCUT2D eigenvalue weighted by molar-refractivity contribution is 7.04. The fourth-order valence-electron chi connectivity index (χ4n) is 2.44. The SMILES string of the molecule is C[Si]1(C)N[Si](C)(C)N[Si](C)(C)N1. The third-order valence-electron chi connectivity index (χ3n) is 1.88. The monoisotopic (exact) mass is 219 g/mol. The van der Waals surface area contributed by atoms with Crippen molar-refractivity contribution in [3.8, 4) is 0 Å². The molecule has 0 unspecified atom stereocenters. The molecule has 1 aliphatic rings. The van der Waals surface area contributed by atoms with Crippen molar-refractivity contribution in [2.24, 2.45) is 0 Å². The highest BCUT2D eigenvalue weighted by Crippen LogP contribution is 2.11. The normalized spacial score (nSPS) is 31.5. The Labute approximate surface area is 78.8 Å². The van der Waals surface area contributed by atoms with Crippen LogP contribution < -0.4 is 13.9 Å². The summed E-state index contributed by atoms with van der Waals surface area (Å²) in [5, 5.41) is 0. The molecule has 3 nitrogen and oxygen atoms in total. The molecule has 1 saturated heterocycles. The van der Waals surface area contributed by atoms with Gasteiger partial charge in [0.15, 0.2) is 25.2 Å². The van der Waals surface area contributed by atoms with Crippen LogP contribution in [-0.2, 0) is 0 Å². The largest absolute Gasteiger partial charge is 0.336 e. The van der Waals surface area contributed by atoms with Crippen molar-refractivity contribution in [2.75, 3.05) is 0 Å². The Hall–Kier alpha value is 0.531. The molecule has 12 heavy (non-hydrogen) atoms. The maximum absolute atomic E-state index is 3.78. The van der Waals surface area contributed by atoms with Gasteiger partial charge in [0.25, 0.3) is 0 Å². The minimum absolute atomic E-state index is 1.30. The van der Waals surface area contributed by atoms with Gasteiger partial charge in [-0.2, -0.15) is 0 Å². The van der Waals surface area contributed by atoms with Crippen LogP contribution in [0.4, 0.5) is 0 Å². The predicted octanol–water partition coefficient (Wildman–Crippen LogP) is 0.874. The Morgan fingerprint density at radius 3 is 0.833 bits per heavy atom. The summed E-state index contributed by atoms with van der Waals surface area (Å²) >= 11 is 0. The van der Waals surface area contributed by atoms with Crippen molar-refractivity contribution in [3.05, 3.63) is 0 Å². The molecule has 0 amide bonds. The fraction of sp³-hybridized carbons (Fsp3) is 1.00. The van der Waals surface area contributed by atoms with Crippen LogP contribution >= 0.6 is 0 Å². The third-order valence-corrected chi connectivity index (χ3v) is 16.9. The minimum Gasteiger partial charge on any atom is -0.336 e. The van der Waals surface area contributed by atoms with E-state index in [4.69, 9.17) is 0 Å². The number of rotatable bonds is 0. The molecule has 0 spiro atoms. The average Bonchev–Trinajstić information content (AvgIpc) is 1.44. The van der Waals surface area contributed by atoms with Gasteiger partial charge in [0.05, 0.1) is 0 Å². The van der Waals surface area contributed by atoms with E-state index in [-0.39, 0.29) is 0 Å². The van der Waals surface area contributed by atoms with E-state index in [1.807, 2.05) is 0 Å². The van der Waals surface area contributed by atoms with Gasteiger partial charge in [0.1, 0.15) is 0 Å². The Kier molecular flexibility index (Phi) is 2.44. The molecule has 0 atom stereocenters. The van der Waals surface area contributed by atoms with E-state index < -0.39 is 25.2 Å². The van der Waals surface area contributed by atoms with Crippen molar-refractivity contribution in [1.29, 1.82) is 0 Å². The summed E-state index contributed by atoms with van der Waals surface area (Å²) in [7, 11) is -3.90. The summed E-state index contributed by atoms with van der Waals surface area (Å²) in [6.45, 7) is 14.2. The van der Waals surface area contributed by atoms with Crippen LogP contribution in [0, 0.1) is 0 Å². The maximum atomic E-state index is 3.78. The molecule has 72 valence electrons. The van der Waals surface area contributed by atoms with E-state index in [2.05, 4.69) is 53.2 Å². The van der Waals surface area contributed by atoms with Crippen LogP contribution in [0.5, 0.6) is 0 Å². The van der Waals surface area contributed by atoms with Crippen LogP contribution in [0.25, 0.3) is 0 Å². The van der Waals surface area contributed by atoms with E-state index in [0.717, 1.165) is 0 Å². The lowest BCUT2D eigenvalue weighted by Gasteiger charge is -2.49. The zero-order chi connectivity index (χ0) is 9.62. The molecule has 6 heteroatoms.